The molecule has 0 N–H and O–H groups in total. The third kappa shape index (κ3) is 2.80. The largest absolute Gasteiger partial charge is 0.453 e. The molecule has 0 bridgehead atoms. The first-order valence-electron chi connectivity index (χ1n) is 8.12. The summed E-state index contributed by atoms with van der Waals surface area (Å²) in [7, 11) is 0. The number of ether oxygens (including phenoxy) is 2. The van der Waals surface area contributed by atoms with E-state index in [4.69, 9.17) is 9.47 Å². The zero-order valence-corrected chi connectivity index (χ0v) is 14.0. The molecule has 4 rings (SSSR count). The molecule has 0 aliphatic carbocycles. The van der Waals surface area contributed by atoms with Crippen molar-refractivity contribution in [3.63, 3.8) is 0 Å². The zero-order chi connectivity index (χ0) is 18.1. The molecule has 1 aliphatic heterocycles. The van der Waals surface area contributed by atoms with E-state index in [2.05, 4.69) is 0 Å². The highest BCUT2D eigenvalue weighted by atomic mass is 16.5. The van der Waals surface area contributed by atoms with Crippen molar-refractivity contribution in [2.45, 2.75) is 6.92 Å². The summed E-state index contributed by atoms with van der Waals surface area (Å²) in [4.78, 5) is 25.9. The van der Waals surface area contributed by atoms with Gasteiger partial charge in [-0.2, -0.15) is 0 Å². The first-order chi connectivity index (χ1) is 12.6. The molecule has 0 aromatic heterocycles. The average molecular weight is 345 g/mol. The van der Waals surface area contributed by atoms with Crippen LogP contribution < -0.4 is 14.4 Å². The van der Waals surface area contributed by atoms with Gasteiger partial charge in [-0.25, -0.2) is 0 Å². The second kappa shape index (κ2) is 6.37. The van der Waals surface area contributed by atoms with Crippen molar-refractivity contribution in [1.82, 2.24) is 0 Å². The first-order valence-corrected chi connectivity index (χ1v) is 8.12. The molecule has 5 heteroatoms. The Hall–Kier alpha value is -3.60. The minimum absolute atomic E-state index is 0.192. The lowest BCUT2D eigenvalue weighted by Crippen LogP contribution is -2.28. The van der Waals surface area contributed by atoms with E-state index in [9.17, 15) is 9.59 Å². The van der Waals surface area contributed by atoms with Gasteiger partial charge in [-0.1, -0.05) is 24.3 Å². The van der Waals surface area contributed by atoms with Gasteiger partial charge in [-0.15, -0.1) is 0 Å². The van der Waals surface area contributed by atoms with Gasteiger partial charge in [0.05, 0.1) is 11.4 Å². The van der Waals surface area contributed by atoms with Crippen molar-refractivity contribution in [2.24, 2.45) is 0 Å². The van der Waals surface area contributed by atoms with Gasteiger partial charge in [-0.3, -0.25) is 14.5 Å². The van der Waals surface area contributed by atoms with Crippen molar-refractivity contribution in [1.29, 1.82) is 0 Å². The van der Waals surface area contributed by atoms with Crippen molar-refractivity contribution >= 4 is 23.3 Å². The fourth-order valence-corrected chi connectivity index (χ4v) is 2.88. The van der Waals surface area contributed by atoms with Crippen LogP contribution in [0.1, 0.15) is 17.3 Å². The number of para-hydroxylation sites is 4. The monoisotopic (exact) mass is 345 g/mol. The van der Waals surface area contributed by atoms with Gasteiger partial charge in [0.25, 0.3) is 5.91 Å². The number of carbonyl (C=O) groups excluding carboxylic acids is 2. The minimum atomic E-state index is -0.403. The molecule has 128 valence electrons. The van der Waals surface area contributed by atoms with Crippen LogP contribution in [0.25, 0.3) is 0 Å². The molecule has 5 nitrogen and oxygen atoms in total. The molecule has 0 saturated carbocycles. The Kier molecular flexibility index (Phi) is 3.89. The Bertz CT molecular complexity index is 949. The van der Waals surface area contributed by atoms with Crippen LogP contribution >= 0.6 is 0 Å². The molecule has 0 fully saturated rings. The number of benzene rings is 3. The summed E-state index contributed by atoms with van der Waals surface area (Å²) in [5.74, 6) is 1.05. The third-order valence-corrected chi connectivity index (χ3v) is 4.00. The maximum absolute atomic E-state index is 13.2. The second-order valence-electron chi connectivity index (χ2n) is 5.80. The minimum Gasteiger partial charge on any atom is -0.453 e. The summed E-state index contributed by atoms with van der Waals surface area (Å²) in [6, 6.07) is 21.3. The van der Waals surface area contributed by atoms with Crippen LogP contribution in [0.2, 0.25) is 0 Å². The van der Waals surface area contributed by atoms with Crippen LogP contribution in [0.3, 0.4) is 0 Å². The second-order valence-corrected chi connectivity index (χ2v) is 5.80. The van der Waals surface area contributed by atoms with E-state index in [1.165, 1.54) is 6.92 Å². The van der Waals surface area contributed by atoms with E-state index in [0.29, 0.717) is 34.2 Å². The molecule has 26 heavy (non-hydrogen) atoms. The lowest BCUT2D eigenvalue weighted by molar-refractivity contribution is -0.131. The summed E-state index contributed by atoms with van der Waals surface area (Å²) in [5, 5.41) is 0. The summed E-state index contributed by atoms with van der Waals surface area (Å²) < 4.78 is 10.9. The van der Waals surface area contributed by atoms with E-state index in [1.54, 1.807) is 29.2 Å². The van der Waals surface area contributed by atoms with Gasteiger partial charge in [-0.05, 0) is 48.5 Å². The Balaban J connectivity index is 1.75. The quantitative estimate of drug-likeness (QED) is 0.499. The van der Waals surface area contributed by atoms with Crippen LogP contribution in [0.4, 0.5) is 11.4 Å². The summed E-state index contributed by atoms with van der Waals surface area (Å²) in [6.45, 7) is 1.33. The number of nitrogens with zero attached hydrogens (tertiary/aromatic N) is 1. The van der Waals surface area contributed by atoms with Crippen LogP contribution in [0.15, 0.2) is 72.8 Å². The van der Waals surface area contributed by atoms with Gasteiger partial charge in [0.2, 0.25) is 0 Å². The van der Waals surface area contributed by atoms with Crippen LogP contribution in [-0.4, -0.2) is 11.9 Å². The highest BCUT2D eigenvalue weighted by Crippen LogP contribution is 2.46. The molecule has 0 radical (unpaired) electrons. The molecule has 1 aliphatic rings. The number of carbonyl (C=O) groups is 2. The van der Waals surface area contributed by atoms with E-state index in [0.717, 1.165) is 0 Å². The number of esters is 1. The molecular weight excluding hydrogens is 330 g/mol. The Morgan fingerprint density at radius 3 is 1.88 bits per heavy atom. The number of fused-ring (bicyclic) bond motifs is 2. The summed E-state index contributed by atoms with van der Waals surface area (Å²) in [6.07, 6.45) is 0. The molecule has 0 spiro atoms. The van der Waals surface area contributed by atoms with Crippen molar-refractivity contribution in [2.75, 3.05) is 4.90 Å². The van der Waals surface area contributed by atoms with Crippen LogP contribution in [-0.2, 0) is 4.79 Å². The predicted octanol–water partition coefficient (Wildman–Crippen LogP) is 4.70. The molecular formula is C21H15NO4. The Labute approximate surface area is 150 Å². The average Bonchev–Trinajstić information content (AvgIpc) is 2.65. The molecule has 3 aromatic carbocycles. The maximum Gasteiger partial charge on any atom is 0.308 e. The molecule has 1 heterocycles. The SMILES string of the molecule is CC(=O)Oc1ccc(C(=O)N2c3ccccc3Oc3ccccc32)cc1. The van der Waals surface area contributed by atoms with Gasteiger partial charge in [0.1, 0.15) is 5.75 Å². The fraction of sp³-hybridized carbons (Fsp3) is 0.0476. The highest BCUT2D eigenvalue weighted by molar-refractivity contribution is 6.13. The number of amides is 1. The van der Waals surface area contributed by atoms with E-state index in [1.807, 2.05) is 48.5 Å². The number of rotatable bonds is 2. The van der Waals surface area contributed by atoms with Gasteiger partial charge >= 0.3 is 5.97 Å². The molecule has 1 amide bonds. The molecule has 0 unspecified atom stereocenters. The van der Waals surface area contributed by atoms with E-state index >= 15 is 0 Å². The van der Waals surface area contributed by atoms with E-state index in [-0.39, 0.29) is 5.91 Å². The standard InChI is InChI=1S/C21H15NO4/c1-14(23)25-16-12-10-15(11-13-16)21(24)22-17-6-2-4-8-19(17)26-20-9-5-3-7-18(20)22/h2-13H,1H3. The maximum atomic E-state index is 13.2. The van der Waals surface area contributed by atoms with Crippen LogP contribution in [0.5, 0.6) is 17.2 Å². The summed E-state index contributed by atoms with van der Waals surface area (Å²) in [5.41, 5.74) is 1.84. The van der Waals surface area contributed by atoms with Gasteiger partial charge < -0.3 is 9.47 Å². The Morgan fingerprint density at radius 2 is 1.35 bits per heavy atom. The molecule has 3 aromatic rings. The number of hydrogen-bond donors (Lipinski definition) is 0. The number of hydrogen-bond acceptors (Lipinski definition) is 4. The molecule has 0 atom stereocenters. The third-order valence-electron chi connectivity index (χ3n) is 4.00. The smallest absolute Gasteiger partial charge is 0.308 e. The lowest BCUT2D eigenvalue weighted by atomic mass is 10.1. The Morgan fingerprint density at radius 1 is 0.808 bits per heavy atom. The zero-order valence-electron chi connectivity index (χ0n) is 14.0. The predicted molar refractivity (Wildman–Crippen MR) is 97.2 cm³/mol. The lowest BCUT2D eigenvalue weighted by Gasteiger charge is -2.31. The van der Waals surface area contributed by atoms with Gasteiger partial charge in [0.15, 0.2) is 11.5 Å². The van der Waals surface area contributed by atoms with Crippen molar-refractivity contribution in [3.8, 4) is 17.2 Å². The van der Waals surface area contributed by atoms with Gasteiger partial charge in [0, 0.05) is 12.5 Å². The first kappa shape index (κ1) is 15.9. The topological polar surface area (TPSA) is 55.8 Å². The van der Waals surface area contributed by atoms with E-state index < -0.39 is 5.97 Å². The van der Waals surface area contributed by atoms with Crippen molar-refractivity contribution < 1.29 is 19.1 Å². The summed E-state index contributed by atoms with van der Waals surface area (Å²) >= 11 is 0. The van der Waals surface area contributed by atoms with Crippen LogP contribution in [0, 0.1) is 0 Å². The molecule has 0 saturated heterocycles. The normalized spacial score (nSPS) is 11.8. The number of anilines is 2. The van der Waals surface area contributed by atoms with Crippen molar-refractivity contribution in [3.05, 3.63) is 78.4 Å². The highest BCUT2D eigenvalue weighted by Gasteiger charge is 2.29. The fourth-order valence-electron chi connectivity index (χ4n) is 2.88.